The van der Waals surface area contributed by atoms with Gasteiger partial charge in [0.1, 0.15) is 5.60 Å². The van der Waals surface area contributed by atoms with Gasteiger partial charge in [0.15, 0.2) is 0 Å². The fraction of sp³-hybridized carbons (Fsp3) is 0.591. The number of benzene rings is 1. The molecule has 1 aromatic carbocycles. The molecule has 1 atom stereocenters. The average Bonchev–Trinajstić information content (AvgIpc) is 2.67. The zero-order valence-corrected chi connectivity index (χ0v) is 18.2. The van der Waals surface area contributed by atoms with E-state index in [9.17, 15) is 14.4 Å². The lowest BCUT2D eigenvalue weighted by atomic mass is 10.0. The molecule has 0 aromatic heterocycles. The first kappa shape index (κ1) is 23.7. The zero-order chi connectivity index (χ0) is 22.1. The fourth-order valence-corrected chi connectivity index (χ4v) is 3.50. The van der Waals surface area contributed by atoms with E-state index in [-0.39, 0.29) is 31.5 Å². The first-order valence-electron chi connectivity index (χ1n) is 10.5. The summed E-state index contributed by atoms with van der Waals surface area (Å²) >= 11 is 0. The van der Waals surface area contributed by atoms with Crippen LogP contribution in [0.25, 0.3) is 0 Å². The van der Waals surface area contributed by atoms with Gasteiger partial charge >= 0.3 is 6.09 Å². The molecule has 0 saturated carbocycles. The molecule has 1 unspecified atom stereocenters. The number of piperidine rings is 1. The van der Waals surface area contributed by atoms with Crippen LogP contribution in [0.4, 0.5) is 10.5 Å². The molecule has 1 fully saturated rings. The normalized spacial score (nSPS) is 17.2. The van der Waals surface area contributed by atoms with Gasteiger partial charge in [0.2, 0.25) is 11.8 Å². The van der Waals surface area contributed by atoms with Crippen LogP contribution >= 0.6 is 0 Å². The number of likely N-dealkylation sites (tertiary alicyclic amines) is 1. The maximum atomic E-state index is 13.1. The largest absolute Gasteiger partial charge is 0.444 e. The maximum Gasteiger partial charge on any atom is 0.407 e. The van der Waals surface area contributed by atoms with E-state index >= 15 is 0 Å². The summed E-state index contributed by atoms with van der Waals surface area (Å²) < 4.78 is 5.31. The van der Waals surface area contributed by atoms with Gasteiger partial charge in [-0.25, -0.2) is 4.79 Å². The molecular formula is C22H34N4O4. The van der Waals surface area contributed by atoms with E-state index < -0.39 is 17.6 Å². The Morgan fingerprint density at radius 1 is 1.20 bits per heavy atom. The number of para-hydroxylation sites is 1. The lowest BCUT2D eigenvalue weighted by Gasteiger charge is -2.36. The van der Waals surface area contributed by atoms with Crippen LogP contribution in [-0.4, -0.2) is 60.6 Å². The van der Waals surface area contributed by atoms with Crippen molar-refractivity contribution >= 4 is 23.6 Å². The van der Waals surface area contributed by atoms with E-state index in [0.29, 0.717) is 6.54 Å². The molecule has 8 nitrogen and oxygen atoms in total. The highest BCUT2D eigenvalue weighted by Crippen LogP contribution is 2.19. The number of anilines is 1. The molecular weight excluding hydrogens is 384 g/mol. The highest BCUT2D eigenvalue weighted by molar-refractivity contribution is 5.95. The van der Waals surface area contributed by atoms with Crippen molar-refractivity contribution in [2.75, 3.05) is 31.1 Å². The van der Waals surface area contributed by atoms with Crippen molar-refractivity contribution in [3.05, 3.63) is 30.3 Å². The van der Waals surface area contributed by atoms with Crippen LogP contribution in [0.2, 0.25) is 0 Å². The number of rotatable bonds is 8. The van der Waals surface area contributed by atoms with Crippen LogP contribution in [0.15, 0.2) is 30.3 Å². The van der Waals surface area contributed by atoms with E-state index in [2.05, 4.69) is 10.2 Å². The molecule has 1 aromatic rings. The van der Waals surface area contributed by atoms with Crippen molar-refractivity contribution in [1.29, 1.82) is 0 Å². The maximum absolute atomic E-state index is 13.1. The molecule has 0 radical (unpaired) electrons. The Kier molecular flexibility index (Phi) is 8.65. The molecule has 0 bridgehead atoms. The monoisotopic (exact) mass is 418 g/mol. The van der Waals surface area contributed by atoms with Crippen LogP contribution in [0.3, 0.4) is 0 Å². The molecule has 166 valence electrons. The Bertz CT molecular complexity index is 718. The number of amides is 3. The summed E-state index contributed by atoms with van der Waals surface area (Å²) in [4.78, 5) is 40.1. The number of nitrogens with two attached hydrogens (primary N) is 1. The van der Waals surface area contributed by atoms with Crippen LogP contribution in [-0.2, 0) is 14.3 Å². The van der Waals surface area contributed by atoms with Crippen molar-refractivity contribution in [1.82, 2.24) is 10.2 Å². The first-order valence-corrected chi connectivity index (χ1v) is 10.5. The highest BCUT2D eigenvalue weighted by Gasteiger charge is 2.28. The van der Waals surface area contributed by atoms with Gasteiger partial charge in [-0.2, -0.15) is 0 Å². The number of carbonyl (C=O) groups is 3. The summed E-state index contributed by atoms with van der Waals surface area (Å²) in [5.74, 6) is -0.534. The number of ether oxygens (including phenoxy) is 1. The van der Waals surface area contributed by atoms with E-state index in [0.717, 1.165) is 31.5 Å². The molecule has 0 spiro atoms. The smallest absolute Gasteiger partial charge is 0.407 e. The van der Waals surface area contributed by atoms with Gasteiger partial charge in [-0.3, -0.25) is 14.5 Å². The van der Waals surface area contributed by atoms with Crippen molar-refractivity contribution < 1.29 is 19.1 Å². The predicted molar refractivity (Wildman–Crippen MR) is 116 cm³/mol. The number of carbonyl (C=O) groups excluding carboxylic acids is 3. The summed E-state index contributed by atoms with van der Waals surface area (Å²) in [6.45, 7) is 7.13. The topological polar surface area (TPSA) is 105 Å². The summed E-state index contributed by atoms with van der Waals surface area (Å²) in [5, 5.41) is 2.82. The quantitative estimate of drug-likeness (QED) is 0.674. The van der Waals surface area contributed by atoms with Crippen LogP contribution in [0.1, 0.15) is 46.5 Å². The summed E-state index contributed by atoms with van der Waals surface area (Å²) in [5.41, 5.74) is 5.48. The van der Waals surface area contributed by atoms with Crippen LogP contribution in [0.5, 0.6) is 0 Å². The summed E-state index contributed by atoms with van der Waals surface area (Å²) in [7, 11) is 0. The molecule has 2 rings (SSSR count). The first-order chi connectivity index (χ1) is 14.2. The summed E-state index contributed by atoms with van der Waals surface area (Å²) in [6.07, 6.45) is 2.60. The number of hydrogen-bond donors (Lipinski definition) is 2. The number of nitrogens with zero attached hydrogens (tertiary/aromatic N) is 2. The van der Waals surface area contributed by atoms with E-state index in [1.54, 1.807) is 4.90 Å². The second-order valence-electron chi connectivity index (χ2n) is 8.60. The van der Waals surface area contributed by atoms with Crippen molar-refractivity contribution in [3.63, 3.8) is 0 Å². The Labute approximate surface area is 178 Å². The van der Waals surface area contributed by atoms with Gasteiger partial charge in [0, 0.05) is 31.2 Å². The number of alkyl carbamates (subject to hydrolysis) is 1. The van der Waals surface area contributed by atoms with Gasteiger partial charge in [-0.1, -0.05) is 24.6 Å². The number of hydrogen-bond acceptors (Lipinski definition) is 5. The number of primary amides is 1. The van der Waals surface area contributed by atoms with Gasteiger partial charge in [-0.15, -0.1) is 0 Å². The van der Waals surface area contributed by atoms with Crippen molar-refractivity contribution in [2.45, 2.75) is 58.1 Å². The van der Waals surface area contributed by atoms with E-state index in [4.69, 9.17) is 10.5 Å². The van der Waals surface area contributed by atoms with Gasteiger partial charge in [0.05, 0.1) is 6.54 Å². The van der Waals surface area contributed by atoms with E-state index in [1.165, 1.54) is 0 Å². The third-order valence-electron chi connectivity index (χ3n) is 4.92. The van der Waals surface area contributed by atoms with Crippen molar-refractivity contribution in [2.24, 2.45) is 5.73 Å². The molecule has 8 heteroatoms. The second-order valence-corrected chi connectivity index (χ2v) is 8.60. The standard InChI is InChI=1S/C22H34N4O4/c1-22(2,3)30-21(29)24-15-18-11-7-8-13-25(18)16-20(28)26(14-12-19(23)27)17-9-5-4-6-10-17/h4-6,9-10,18H,7-8,11-16H2,1-3H3,(H2,23,27)(H,24,29). The fourth-order valence-electron chi connectivity index (χ4n) is 3.50. The second kappa shape index (κ2) is 11.0. The minimum atomic E-state index is -0.553. The minimum absolute atomic E-state index is 0.0592. The Hall–Kier alpha value is -2.61. The molecule has 30 heavy (non-hydrogen) atoms. The Balaban J connectivity index is 2.01. The van der Waals surface area contributed by atoms with Crippen LogP contribution < -0.4 is 16.0 Å². The molecule has 3 amide bonds. The van der Waals surface area contributed by atoms with Gasteiger partial charge in [0.25, 0.3) is 0 Å². The Morgan fingerprint density at radius 2 is 1.90 bits per heavy atom. The zero-order valence-electron chi connectivity index (χ0n) is 18.2. The molecule has 1 saturated heterocycles. The average molecular weight is 419 g/mol. The molecule has 1 aliphatic rings. The molecule has 1 aliphatic heterocycles. The lowest BCUT2D eigenvalue weighted by Crippen LogP contribution is -2.51. The van der Waals surface area contributed by atoms with Crippen molar-refractivity contribution in [3.8, 4) is 0 Å². The highest BCUT2D eigenvalue weighted by atomic mass is 16.6. The van der Waals surface area contributed by atoms with Gasteiger partial charge < -0.3 is 20.7 Å². The Morgan fingerprint density at radius 3 is 2.53 bits per heavy atom. The molecule has 0 aliphatic carbocycles. The van der Waals surface area contributed by atoms with Crippen LogP contribution in [0, 0.1) is 0 Å². The SMILES string of the molecule is CC(C)(C)OC(=O)NCC1CCCCN1CC(=O)N(CCC(N)=O)c1ccccc1. The third-order valence-corrected chi connectivity index (χ3v) is 4.92. The minimum Gasteiger partial charge on any atom is -0.444 e. The van der Waals surface area contributed by atoms with Gasteiger partial charge in [-0.05, 0) is 52.3 Å². The molecule has 1 heterocycles. The van der Waals surface area contributed by atoms with E-state index in [1.807, 2.05) is 51.1 Å². The number of nitrogens with one attached hydrogen (secondary N) is 1. The lowest BCUT2D eigenvalue weighted by molar-refractivity contribution is -0.120. The predicted octanol–water partition coefficient (Wildman–Crippen LogP) is 2.27. The third kappa shape index (κ3) is 8.02. The molecule has 3 N–H and O–H groups in total. The summed E-state index contributed by atoms with van der Waals surface area (Å²) in [6, 6.07) is 9.34.